The van der Waals surface area contributed by atoms with Gasteiger partial charge in [-0.25, -0.2) is 4.79 Å². The molecular formula is C26H32N4O3. The number of rotatable bonds is 7. The van der Waals surface area contributed by atoms with Crippen LogP contribution in [0.5, 0.6) is 0 Å². The third-order valence-electron chi connectivity index (χ3n) is 5.89. The molecule has 1 unspecified atom stereocenters. The van der Waals surface area contributed by atoms with Crippen molar-refractivity contribution < 1.29 is 14.7 Å². The van der Waals surface area contributed by atoms with Crippen LogP contribution in [0.4, 0.5) is 10.5 Å². The van der Waals surface area contributed by atoms with Crippen LogP contribution in [-0.4, -0.2) is 34.5 Å². The first kappa shape index (κ1) is 24.3. The number of nitriles is 1. The largest absolute Gasteiger partial charge is 0.387 e. The third-order valence-corrected chi connectivity index (χ3v) is 5.89. The van der Waals surface area contributed by atoms with Crippen molar-refractivity contribution in [2.24, 2.45) is 5.41 Å². The highest BCUT2D eigenvalue weighted by atomic mass is 16.3. The molecule has 0 heterocycles. The molecule has 0 radical (unpaired) electrons. The first-order valence-corrected chi connectivity index (χ1v) is 11.3. The van der Waals surface area contributed by atoms with E-state index in [1.165, 1.54) is 0 Å². The van der Waals surface area contributed by atoms with E-state index in [1.54, 1.807) is 29.2 Å². The van der Waals surface area contributed by atoms with E-state index in [1.807, 2.05) is 45.0 Å². The molecule has 7 nitrogen and oxygen atoms in total. The van der Waals surface area contributed by atoms with Gasteiger partial charge in [-0.15, -0.1) is 0 Å². The number of urea groups is 1. The van der Waals surface area contributed by atoms with Crippen molar-refractivity contribution in [3.8, 4) is 6.07 Å². The normalized spacial score (nSPS) is 14.5. The number of aliphatic hydroxyl groups excluding tert-OH is 1. The molecule has 2 aromatic carbocycles. The SMILES string of the molecule is CC(C)(C)C(=O)NCc1ccc(NC(=O)N(CC(O)c2cccc(C#N)c2)C2CCC2)cc1. The minimum absolute atomic E-state index is 0.0186. The second-order valence-corrected chi connectivity index (χ2v) is 9.55. The van der Waals surface area contributed by atoms with Gasteiger partial charge in [0.05, 0.1) is 24.3 Å². The predicted molar refractivity (Wildman–Crippen MR) is 127 cm³/mol. The van der Waals surface area contributed by atoms with Crippen LogP contribution in [0.15, 0.2) is 48.5 Å². The fraction of sp³-hybridized carbons (Fsp3) is 0.423. The maximum absolute atomic E-state index is 13.0. The van der Waals surface area contributed by atoms with Crippen LogP contribution >= 0.6 is 0 Å². The lowest BCUT2D eigenvalue weighted by Gasteiger charge is -2.38. The minimum Gasteiger partial charge on any atom is -0.387 e. The van der Waals surface area contributed by atoms with Crippen LogP contribution in [-0.2, 0) is 11.3 Å². The molecule has 0 aromatic heterocycles. The Morgan fingerprint density at radius 2 is 1.88 bits per heavy atom. The van der Waals surface area contributed by atoms with Crippen molar-refractivity contribution in [1.29, 1.82) is 5.26 Å². The molecule has 0 spiro atoms. The number of carbonyl (C=O) groups is 2. The van der Waals surface area contributed by atoms with Gasteiger partial charge in [0.2, 0.25) is 5.91 Å². The standard InChI is InChI=1S/C26H32N4O3/c1-26(2,3)24(32)28-16-18-10-12-21(13-11-18)29-25(33)30(22-8-5-9-22)17-23(31)20-7-4-6-19(14-20)15-27/h4,6-7,10-14,22-23,31H,5,8-9,16-17H2,1-3H3,(H,28,32)(H,29,33). The van der Waals surface area contributed by atoms with E-state index >= 15 is 0 Å². The predicted octanol–water partition coefficient (Wildman–Crippen LogP) is 4.34. The Kier molecular flexibility index (Phi) is 7.72. The van der Waals surface area contributed by atoms with E-state index in [0.29, 0.717) is 23.4 Å². The van der Waals surface area contributed by atoms with Crippen molar-refractivity contribution in [3.63, 3.8) is 0 Å². The molecule has 1 atom stereocenters. The molecule has 33 heavy (non-hydrogen) atoms. The Morgan fingerprint density at radius 1 is 1.18 bits per heavy atom. The summed E-state index contributed by atoms with van der Waals surface area (Å²) < 4.78 is 0. The summed E-state index contributed by atoms with van der Waals surface area (Å²) in [7, 11) is 0. The molecule has 0 aliphatic heterocycles. The second kappa shape index (κ2) is 10.5. The summed E-state index contributed by atoms with van der Waals surface area (Å²) in [6, 6.07) is 16.1. The van der Waals surface area contributed by atoms with Crippen molar-refractivity contribution in [3.05, 3.63) is 65.2 Å². The molecule has 3 rings (SSSR count). The van der Waals surface area contributed by atoms with Gasteiger partial charge < -0.3 is 20.6 Å². The molecule has 1 fully saturated rings. The number of benzene rings is 2. The van der Waals surface area contributed by atoms with E-state index in [9.17, 15) is 14.7 Å². The molecule has 1 aliphatic carbocycles. The molecule has 3 amide bonds. The summed E-state index contributed by atoms with van der Waals surface area (Å²) in [5.74, 6) is -0.0186. The quantitative estimate of drug-likeness (QED) is 0.586. The van der Waals surface area contributed by atoms with Crippen molar-refractivity contribution >= 4 is 17.6 Å². The van der Waals surface area contributed by atoms with Gasteiger partial charge >= 0.3 is 6.03 Å². The Labute approximate surface area is 195 Å². The van der Waals surface area contributed by atoms with Gasteiger partial charge in [-0.05, 0) is 54.7 Å². The summed E-state index contributed by atoms with van der Waals surface area (Å²) in [6.07, 6.45) is 2.00. The summed E-state index contributed by atoms with van der Waals surface area (Å²) in [6.45, 7) is 6.18. The molecule has 3 N–H and O–H groups in total. The number of aliphatic hydroxyl groups is 1. The van der Waals surface area contributed by atoms with Gasteiger partial charge in [-0.1, -0.05) is 45.0 Å². The van der Waals surface area contributed by atoms with E-state index in [0.717, 1.165) is 24.8 Å². The van der Waals surface area contributed by atoms with Gasteiger partial charge in [0.1, 0.15) is 0 Å². The lowest BCUT2D eigenvalue weighted by Crippen LogP contribution is -2.48. The number of hydrogen-bond acceptors (Lipinski definition) is 4. The zero-order chi connectivity index (χ0) is 24.0. The summed E-state index contributed by atoms with van der Waals surface area (Å²) in [5, 5.41) is 25.7. The Hall–Kier alpha value is -3.37. The zero-order valence-corrected chi connectivity index (χ0v) is 19.5. The number of amides is 3. The number of hydrogen-bond donors (Lipinski definition) is 3. The van der Waals surface area contributed by atoms with Crippen LogP contribution < -0.4 is 10.6 Å². The average Bonchev–Trinajstić information content (AvgIpc) is 2.76. The van der Waals surface area contributed by atoms with Gasteiger partial charge in [0, 0.05) is 23.7 Å². The van der Waals surface area contributed by atoms with Crippen LogP contribution in [0.2, 0.25) is 0 Å². The molecule has 0 bridgehead atoms. The molecule has 7 heteroatoms. The molecule has 2 aromatic rings. The average molecular weight is 449 g/mol. The summed E-state index contributed by atoms with van der Waals surface area (Å²) in [4.78, 5) is 26.8. The van der Waals surface area contributed by atoms with Gasteiger partial charge in [-0.2, -0.15) is 5.26 Å². The maximum Gasteiger partial charge on any atom is 0.322 e. The topological polar surface area (TPSA) is 105 Å². The molecule has 1 aliphatic rings. The van der Waals surface area contributed by atoms with Crippen LogP contribution in [0.3, 0.4) is 0 Å². The minimum atomic E-state index is -0.876. The highest BCUT2D eigenvalue weighted by Crippen LogP contribution is 2.28. The second-order valence-electron chi connectivity index (χ2n) is 9.55. The fourth-order valence-electron chi connectivity index (χ4n) is 3.55. The smallest absolute Gasteiger partial charge is 0.322 e. The van der Waals surface area contributed by atoms with E-state index in [-0.39, 0.29) is 24.5 Å². The monoisotopic (exact) mass is 448 g/mol. The van der Waals surface area contributed by atoms with E-state index in [4.69, 9.17) is 5.26 Å². The van der Waals surface area contributed by atoms with Crippen LogP contribution in [0, 0.1) is 16.7 Å². The number of anilines is 1. The highest BCUT2D eigenvalue weighted by Gasteiger charge is 2.31. The first-order valence-electron chi connectivity index (χ1n) is 11.3. The maximum atomic E-state index is 13.0. The van der Waals surface area contributed by atoms with Gasteiger partial charge in [0.15, 0.2) is 0 Å². The Morgan fingerprint density at radius 3 is 2.45 bits per heavy atom. The van der Waals surface area contributed by atoms with Gasteiger partial charge in [-0.3, -0.25) is 4.79 Å². The summed E-state index contributed by atoms with van der Waals surface area (Å²) in [5.41, 5.74) is 2.24. The van der Waals surface area contributed by atoms with Crippen LogP contribution in [0.25, 0.3) is 0 Å². The van der Waals surface area contributed by atoms with Crippen molar-refractivity contribution in [2.45, 2.75) is 58.7 Å². The molecule has 1 saturated carbocycles. The summed E-state index contributed by atoms with van der Waals surface area (Å²) >= 11 is 0. The first-order chi connectivity index (χ1) is 15.7. The zero-order valence-electron chi connectivity index (χ0n) is 19.5. The third kappa shape index (κ3) is 6.56. The number of carbonyl (C=O) groups excluding carboxylic acids is 2. The Balaban J connectivity index is 1.62. The van der Waals surface area contributed by atoms with E-state index in [2.05, 4.69) is 16.7 Å². The van der Waals surface area contributed by atoms with Crippen molar-refractivity contribution in [1.82, 2.24) is 10.2 Å². The Bertz CT molecular complexity index is 1020. The number of nitrogens with one attached hydrogen (secondary N) is 2. The molecule has 0 saturated heterocycles. The number of nitrogens with zero attached hydrogens (tertiary/aromatic N) is 2. The van der Waals surface area contributed by atoms with Crippen molar-refractivity contribution in [2.75, 3.05) is 11.9 Å². The van der Waals surface area contributed by atoms with Crippen LogP contribution in [0.1, 0.15) is 62.8 Å². The van der Waals surface area contributed by atoms with E-state index < -0.39 is 11.5 Å². The fourth-order valence-corrected chi connectivity index (χ4v) is 3.55. The molecular weight excluding hydrogens is 416 g/mol. The van der Waals surface area contributed by atoms with Gasteiger partial charge in [0.25, 0.3) is 0 Å². The highest BCUT2D eigenvalue weighted by molar-refractivity contribution is 5.89. The lowest BCUT2D eigenvalue weighted by atomic mass is 9.91. The lowest BCUT2D eigenvalue weighted by molar-refractivity contribution is -0.128. The molecule has 174 valence electrons.